The first-order chi connectivity index (χ1) is 13.3. The zero-order valence-corrected chi connectivity index (χ0v) is 16.8. The quantitative estimate of drug-likeness (QED) is 0.708. The Morgan fingerprint density at radius 3 is 2.18 bits per heavy atom. The Bertz CT molecular complexity index is 767. The van der Waals surface area contributed by atoms with Crippen molar-refractivity contribution in [3.63, 3.8) is 0 Å². The third-order valence-electron chi connectivity index (χ3n) is 3.91. The van der Waals surface area contributed by atoms with Crippen LogP contribution < -0.4 is 10.6 Å². The van der Waals surface area contributed by atoms with Crippen LogP contribution in [0.2, 0.25) is 0 Å². The van der Waals surface area contributed by atoms with Gasteiger partial charge in [-0.25, -0.2) is 9.59 Å². The van der Waals surface area contributed by atoms with Crippen molar-refractivity contribution < 1.29 is 19.1 Å². The van der Waals surface area contributed by atoms with Crippen molar-refractivity contribution >= 4 is 17.7 Å². The number of carbonyl (C=O) groups excluding carboxylic acids is 2. The van der Waals surface area contributed by atoms with Gasteiger partial charge in [0, 0.05) is 18.7 Å². The highest BCUT2D eigenvalue weighted by atomic mass is 16.6. The number of hydrogen-bond donors (Lipinski definition) is 2. The normalized spacial score (nSPS) is 12.0. The van der Waals surface area contributed by atoms with Gasteiger partial charge >= 0.3 is 12.1 Å². The van der Waals surface area contributed by atoms with E-state index in [9.17, 15) is 9.59 Å². The molecule has 0 radical (unpaired) electrons. The van der Waals surface area contributed by atoms with E-state index in [1.807, 2.05) is 42.5 Å². The van der Waals surface area contributed by atoms with Gasteiger partial charge in [-0.05, 0) is 44.0 Å². The third kappa shape index (κ3) is 7.31. The lowest BCUT2D eigenvalue weighted by Crippen LogP contribution is -2.45. The maximum Gasteiger partial charge on any atom is 0.408 e. The smallest absolute Gasteiger partial charge is 0.408 e. The SMILES string of the molecule is COC(=O)[C@H](Cc1ccc(NCc2ccccc2)cc1)NC(=O)OC(C)(C)C. The van der Waals surface area contributed by atoms with Gasteiger partial charge in [0.25, 0.3) is 0 Å². The van der Waals surface area contributed by atoms with Crippen LogP contribution in [0.4, 0.5) is 10.5 Å². The maximum atomic E-state index is 12.0. The second-order valence-corrected chi connectivity index (χ2v) is 7.46. The van der Waals surface area contributed by atoms with Gasteiger partial charge in [0.2, 0.25) is 0 Å². The Balaban J connectivity index is 1.96. The minimum absolute atomic E-state index is 0.310. The van der Waals surface area contributed by atoms with Crippen molar-refractivity contribution in [1.82, 2.24) is 5.32 Å². The monoisotopic (exact) mass is 384 g/mol. The molecule has 0 saturated heterocycles. The molecule has 0 aliphatic rings. The van der Waals surface area contributed by atoms with Gasteiger partial charge in [-0.1, -0.05) is 42.5 Å². The summed E-state index contributed by atoms with van der Waals surface area (Å²) in [7, 11) is 1.29. The number of hydrogen-bond acceptors (Lipinski definition) is 5. The highest BCUT2D eigenvalue weighted by Gasteiger charge is 2.25. The predicted octanol–water partition coefficient (Wildman–Crippen LogP) is 3.91. The minimum Gasteiger partial charge on any atom is -0.467 e. The average Bonchev–Trinajstić information content (AvgIpc) is 2.65. The molecule has 6 nitrogen and oxygen atoms in total. The van der Waals surface area contributed by atoms with Gasteiger partial charge in [0.05, 0.1) is 7.11 Å². The molecule has 0 unspecified atom stereocenters. The highest BCUT2D eigenvalue weighted by Crippen LogP contribution is 2.14. The average molecular weight is 384 g/mol. The summed E-state index contributed by atoms with van der Waals surface area (Å²) in [5.41, 5.74) is 2.43. The summed E-state index contributed by atoms with van der Waals surface area (Å²) in [5, 5.41) is 5.93. The lowest BCUT2D eigenvalue weighted by molar-refractivity contribution is -0.143. The van der Waals surface area contributed by atoms with Crippen LogP contribution in [0.15, 0.2) is 54.6 Å². The topological polar surface area (TPSA) is 76.7 Å². The van der Waals surface area contributed by atoms with E-state index in [-0.39, 0.29) is 0 Å². The molecule has 0 aromatic heterocycles. The molecule has 0 bridgehead atoms. The molecule has 0 saturated carbocycles. The Kier molecular flexibility index (Phi) is 7.44. The van der Waals surface area contributed by atoms with Crippen molar-refractivity contribution in [1.29, 1.82) is 0 Å². The predicted molar refractivity (Wildman–Crippen MR) is 109 cm³/mol. The molecule has 6 heteroatoms. The van der Waals surface area contributed by atoms with Gasteiger partial charge in [-0.3, -0.25) is 0 Å². The zero-order valence-electron chi connectivity index (χ0n) is 16.8. The number of rotatable bonds is 7. The first kappa shape index (κ1) is 21.3. The van der Waals surface area contributed by atoms with Gasteiger partial charge in [0.15, 0.2) is 0 Å². The first-order valence-electron chi connectivity index (χ1n) is 9.21. The van der Waals surface area contributed by atoms with Crippen LogP contribution >= 0.6 is 0 Å². The van der Waals surface area contributed by atoms with Gasteiger partial charge in [-0.15, -0.1) is 0 Å². The fourth-order valence-electron chi connectivity index (χ4n) is 2.58. The molecule has 2 aromatic carbocycles. The Labute approximate surface area is 166 Å². The molecule has 0 fully saturated rings. The van der Waals surface area contributed by atoms with Gasteiger partial charge in [0.1, 0.15) is 11.6 Å². The molecule has 150 valence electrons. The van der Waals surface area contributed by atoms with E-state index in [1.54, 1.807) is 20.8 Å². The summed E-state index contributed by atoms with van der Waals surface area (Å²) in [5.74, 6) is -0.517. The molecule has 1 amide bonds. The standard InChI is InChI=1S/C22H28N2O4/c1-22(2,3)28-21(26)24-19(20(25)27-4)14-16-10-12-18(13-11-16)23-15-17-8-6-5-7-9-17/h5-13,19,23H,14-15H2,1-4H3,(H,24,26)/t19-/m0/s1. The van der Waals surface area contributed by atoms with E-state index >= 15 is 0 Å². The van der Waals surface area contributed by atoms with Crippen LogP contribution in [0, 0.1) is 0 Å². The van der Waals surface area contributed by atoms with Gasteiger partial charge < -0.3 is 20.1 Å². The molecule has 1 atom stereocenters. The second kappa shape index (κ2) is 9.78. The number of amides is 1. The number of benzene rings is 2. The number of nitrogens with one attached hydrogen (secondary N) is 2. The molecular formula is C22H28N2O4. The summed E-state index contributed by atoms with van der Waals surface area (Å²) in [6.45, 7) is 6.02. The summed E-state index contributed by atoms with van der Waals surface area (Å²) >= 11 is 0. The van der Waals surface area contributed by atoms with Gasteiger partial charge in [-0.2, -0.15) is 0 Å². The third-order valence-corrected chi connectivity index (χ3v) is 3.91. The zero-order chi connectivity index (χ0) is 20.6. The molecule has 0 spiro atoms. The van der Waals surface area contributed by atoms with Crippen LogP contribution in [0.1, 0.15) is 31.9 Å². The number of carbonyl (C=O) groups is 2. The van der Waals surface area contributed by atoms with Crippen molar-refractivity contribution in [2.45, 2.75) is 45.4 Å². The van der Waals surface area contributed by atoms with E-state index in [0.717, 1.165) is 17.8 Å². The number of methoxy groups -OCH3 is 1. The lowest BCUT2D eigenvalue weighted by Gasteiger charge is -2.22. The fourth-order valence-corrected chi connectivity index (χ4v) is 2.58. The summed E-state index contributed by atoms with van der Waals surface area (Å²) in [6.07, 6.45) is -0.339. The molecule has 2 aromatic rings. The molecule has 0 aliphatic carbocycles. The van der Waals surface area contributed by atoms with E-state index in [0.29, 0.717) is 6.42 Å². The summed E-state index contributed by atoms with van der Waals surface area (Å²) < 4.78 is 10.0. The van der Waals surface area contributed by atoms with Crippen molar-refractivity contribution in [3.8, 4) is 0 Å². The lowest BCUT2D eigenvalue weighted by atomic mass is 10.1. The molecule has 0 aliphatic heterocycles. The summed E-state index contributed by atoms with van der Waals surface area (Å²) in [6, 6.07) is 17.0. The van der Waals surface area contributed by atoms with Crippen LogP contribution in [0.3, 0.4) is 0 Å². The first-order valence-corrected chi connectivity index (χ1v) is 9.21. The number of anilines is 1. The largest absolute Gasteiger partial charge is 0.467 e. The van der Waals surface area contributed by atoms with Crippen molar-refractivity contribution in [2.24, 2.45) is 0 Å². The number of esters is 1. The van der Waals surface area contributed by atoms with Crippen LogP contribution in [0.5, 0.6) is 0 Å². The number of alkyl carbamates (subject to hydrolysis) is 1. The molecule has 2 N–H and O–H groups in total. The van der Waals surface area contributed by atoms with E-state index < -0.39 is 23.7 Å². The van der Waals surface area contributed by atoms with Crippen molar-refractivity contribution in [3.05, 3.63) is 65.7 Å². The van der Waals surface area contributed by atoms with E-state index in [2.05, 4.69) is 22.8 Å². The van der Waals surface area contributed by atoms with E-state index in [4.69, 9.17) is 9.47 Å². The highest BCUT2D eigenvalue weighted by molar-refractivity contribution is 5.81. The van der Waals surface area contributed by atoms with Crippen molar-refractivity contribution in [2.75, 3.05) is 12.4 Å². The summed E-state index contributed by atoms with van der Waals surface area (Å²) in [4.78, 5) is 24.0. The maximum absolute atomic E-state index is 12.0. The second-order valence-electron chi connectivity index (χ2n) is 7.46. The molecule has 28 heavy (non-hydrogen) atoms. The van der Waals surface area contributed by atoms with Crippen LogP contribution in [-0.2, 0) is 27.2 Å². The Morgan fingerprint density at radius 2 is 1.61 bits per heavy atom. The van der Waals surface area contributed by atoms with Crippen LogP contribution in [-0.4, -0.2) is 30.8 Å². The Morgan fingerprint density at radius 1 is 0.964 bits per heavy atom. The fraction of sp³-hybridized carbons (Fsp3) is 0.364. The molecule has 2 rings (SSSR count). The van der Waals surface area contributed by atoms with E-state index in [1.165, 1.54) is 12.7 Å². The molecule has 0 heterocycles. The Hall–Kier alpha value is -3.02. The minimum atomic E-state index is -0.817. The van der Waals surface area contributed by atoms with Crippen LogP contribution in [0.25, 0.3) is 0 Å². The molecular weight excluding hydrogens is 356 g/mol. The number of ether oxygens (including phenoxy) is 2.